The number of nitrogens with one attached hydrogen (secondary N) is 3. The van der Waals surface area contributed by atoms with Gasteiger partial charge in [0.25, 0.3) is 0 Å². The lowest BCUT2D eigenvalue weighted by Gasteiger charge is -2.24. The number of aromatic nitrogens is 5. The van der Waals surface area contributed by atoms with Gasteiger partial charge in [-0.2, -0.15) is 0 Å². The molecule has 42 heavy (non-hydrogen) atoms. The van der Waals surface area contributed by atoms with Crippen LogP contribution in [0.2, 0.25) is 0 Å². The molecule has 0 saturated carbocycles. The highest BCUT2D eigenvalue weighted by atomic mass is 16.6. The van der Waals surface area contributed by atoms with Gasteiger partial charge in [0.15, 0.2) is 5.82 Å². The molecule has 9 heteroatoms. The van der Waals surface area contributed by atoms with Crippen LogP contribution in [0, 0.1) is 0 Å². The Morgan fingerprint density at radius 3 is 2.29 bits per heavy atom. The number of benzene rings is 3. The maximum absolute atomic E-state index is 13.2. The van der Waals surface area contributed by atoms with Gasteiger partial charge in [0, 0.05) is 46.2 Å². The van der Waals surface area contributed by atoms with E-state index in [4.69, 9.17) is 19.7 Å². The van der Waals surface area contributed by atoms with Crippen LogP contribution >= 0.6 is 0 Å². The van der Waals surface area contributed by atoms with Crippen LogP contribution in [-0.4, -0.2) is 43.5 Å². The minimum atomic E-state index is -0.661. The molecule has 0 aliphatic carbocycles. The molecule has 3 aromatic heterocycles. The Hall–Kier alpha value is -5.05. The van der Waals surface area contributed by atoms with Gasteiger partial charge in [0.2, 0.25) is 0 Å². The molecule has 214 valence electrons. The molecular weight excluding hydrogens is 528 g/mol. The summed E-state index contributed by atoms with van der Waals surface area (Å²) in [6.45, 7) is 6.04. The van der Waals surface area contributed by atoms with Gasteiger partial charge in [-0.05, 0) is 56.2 Å². The molecule has 0 bridgehead atoms. The topological polar surface area (TPSA) is 110 Å². The second kappa shape index (κ2) is 11.1. The summed E-state index contributed by atoms with van der Waals surface area (Å²) in [6, 6.07) is 23.5. The monoisotopic (exact) mass is 562 g/mol. The Labute approximate surface area is 243 Å². The normalized spacial score (nSPS) is 12.5. The average molecular weight is 563 g/mol. The molecule has 6 rings (SSSR count). The standard InChI is InChI=1S/C33H34N6O3/c1-33(2,3)42-32(40)36-30(26-19-35-28-12-8-6-10-25(26)28)31-38-37-29(17-22-18-34-27-11-7-5-9-24(22)27)39(31)20-21-13-15-23(41-4)16-14-21/h5-16,18-19,30,34-35H,17,20H2,1-4H3,(H,36,40)/t30-/m0/s1. The summed E-state index contributed by atoms with van der Waals surface area (Å²) in [5, 5.41) is 14.6. The molecule has 0 aliphatic heterocycles. The Morgan fingerprint density at radius 1 is 0.905 bits per heavy atom. The number of hydrogen-bond donors (Lipinski definition) is 3. The fraction of sp³-hybridized carbons (Fsp3) is 0.242. The van der Waals surface area contributed by atoms with Crippen molar-refractivity contribution in [2.24, 2.45) is 0 Å². The number of fused-ring (bicyclic) bond motifs is 2. The summed E-state index contributed by atoms with van der Waals surface area (Å²) in [5.74, 6) is 2.17. The summed E-state index contributed by atoms with van der Waals surface area (Å²) < 4.78 is 13.2. The third-order valence-corrected chi connectivity index (χ3v) is 7.23. The van der Waals surface area contributed by atoms with E-state index in [2.05, 4.69) is 32.0 Å². The van der Waals surface area contributed by atoms with Crippen molar-refractivity contribution in [2.75, 3.05) is 7.11 Å². The van der Waals surface area contributed by atoms with Crippen molar-refractivity contribution < 1.29 is 14.3 Å². The predicted molar refractivity (Wildman–Crippen MR) is 163 cm³/mol. The number of nitrogens with zero attached hydrogens (tertiary/aromatic N) is 3. The molecule has 0 fully saturated rings. The second-order valence-corrected chi connectivity index (χ2v) is 11.3. The fourth-order valence-corrected chi connectivity index (χ4v) is 5.27. The first-order valence-corrected chi connectivity index (χ1v) is 13.9. The fourth-order valence-electron chi connectivity index (χ4n) is 5.27. The highest BCUT2D eigenvalue weighted by Crippen LogP contribution is 2.31. The average Bonchev–Trinajstić information content (AvgIpc) is 3.69. The van der Waals surface area contributed by atoms with Crippen LogP contribution in [0.5, 0.6) is 5.75 Å². The van der Waals surface area contributed by atoms with Gasteiger partial charge in [-0.15, -0.1) is 10.2 Å². The van der Waals surface area contributed by atoms with Gasteiger partial charge in [-0.3, -0.25) is 0 Å². The van der Waals surface area contributed by atoms with Crippen LogP contribution in [0.3, 0.4) is 0 Å². The lowest BCUT2D eigenvalue weighted by Crippen LogP contribution is -2.36. The van der Waals surface area contributed by atoms with Crippen molar-refractivity contribution in [3.05, 3.63) is 114 Å². The first kappa shape index (κ1) is 27.1. The summed E-state index contributed by atoms with van der Waals surface area (Å²) in [5.41, 5.74) is 4.40. The van der Waals surface area contributed by atoms with Gasteiger partial charge in [0.05, 0.1) is 13.7 Å². The minimum absolute atomic E-state index is 0.499. The van der Waals surface area contributed by atoms with Gasteiger partial charge in [0.1, 0.15) is 23.2 Å². The molecule has 0 spiro atoms. The van der Waals surface area contributed by atoms with Crippen molar-refractivity contribution in [3.8, 4) is 5.75 Å². The van der Waals surface area contributed by atoms with E-state index in [-0.39, 0.29) is 0 Å². The maximum Gasteiger partial charge on any atom is 0.408 e. The van der Waals surface area contributed by atoms with Crippen molar-refractivity contribution in [3.63, 3.8) is 0 Å². The molecule has 1 amide bonds. The van der Waals surface area contributed by atoms with Crippen molar-refractivity contribution in [1.82, 2.24) is 30.0 Å². The summed E-state index contributed by atoms with van der Waals surface area (Å²) in [6.07, 6.45) is 3.96. The molecule has 3 N–H and O–H groups in total. The molecule has 3 heterocycles. The number of alkyl carbamates (subject to hydrolysis) is 1. The van der Waals surface area contributed by atoms with Crippen LogP contribution in [0.4, 0.5) is 4.79 Å². The number of rotatable bonds is 8. The van der Waals surface area contributed by atoms with Crippen molar-refractivity contribution >= 4 is 27.9 Å². The van der Waals surface area contributed by atoms with E-state index in [1.165, 1.54) is 0 Å². The van der Waals surface area contributed by atoms with Crippen LogP contribution in [-0.2, 0) is 17.7 Å². The molecular formula is C33H34N6O3. The minimum Gasteiger partial charge on any atom is -0.497 e. The second-order valence-electron chi connectivity index (χ2n) is 11.3. The number of carbonyl (C=O) groups excluding carboxylic acids is 1. The molecule has 0 aliphatic rings. The highest BCUT2D eigenvalue weighted by molar-refractivity contribution is 5.85. The largest absolute Gasteiger partial charge is 0.497 e. The number of aromatic amines is 2. The van der Waals surface area contributed by atoms with Crippen molar-refractivity contribution in [1.29, 1.82) is 0 Å². The molecule has 6 aromatic rings. The van der Waals surface area contributed by atoms with E-state index < -0.39 is 17.7 Å². The summed E-state index contributed by atoms with van der Waals surface area (Å²) in [4.78, 5) is 19.9. The van der Waals surface area contributed by atoms with E-state index in [9.17, 15) is 4.79 Å². The highest BCUT2D eigenvalue weighted by Gasteiger charge is 2.29. The molecule has 1 atom stereocenters. The maximum atomic E-state index is 13.2. The number of H-pyrrole nitrogens is 2. The zero-order chi connectivity index (χ0) is 29.3. The third-order valence-electron chi connectivity index (χ3n) is 7.23. The van der Waals surface area contributed by atoms with E-state index in [0.717, 1.165) is 50.1 Å². The molecule has 9 nitrogen and oxygen atoms in total. The Kier molecular flexibility index (Phi) is 7.16. The molecule has 0 unspecified atom stereocenters. The van der Waals surface area contributed by atoms with Gasteiger partial charge < -0.3 is 29.3 Å². The van der Waals surface area contributed by atoms with Crippen molar-refractivity contribution in [2.45, 2.75) is 45.4 Å². The number of amides is 1. The van der Waals surface area contributed by atoms with E-state index in [1.807, 2.05) is 93.8 Å². The van der Waals surface area contributed by atoms with Crippen LogP contribution in [0.1, 0.15) is 55.2 Å². The number of carbonyl (C=O) groups is 1. The summed E-state index contributed by atoms with van der Waals surface area (Å²) >= 11 is 0. The van der Waals surface area contributed by atoms with Crippen LogP contribution in [0.25, 0.3) is 21.8 Å². The molecule has 0 saturated heterocycles. The van der Waals surface area contributed by atoms with E-state index in [0.29, 0.717) is 18.8 Å². The first-order valence-electron chi connectivity index (χ1n) is 13.9. The van der Waals surface area contributed by atoms with E-state index >= 15 is 0 Å². The first-order chi connectivity index (χ1) is 20.3. The summed E-state index contributed by atoms with van der Waals surface area (Å²) in [7, 11) is 1.65. The predicted octanol–water partition coefficient (Wildman–Crippen LogP) is 6.50. The van der Waals surface area contributed by atoms with Gasteiger partial charge in [-0.1, -0.05) is 48.5 Å². The SMILES string of the molecule is COc1ccc(Cn2c(Cc3c[nH]c4ccccc34)nnc2[C@@H](NC(=O)OC(C)(C)C)c2c[nH]c3ccccc23)cc1. The van der Waals surface area contributed by atoms with Gasteiger partial charge >= 0.3 is 6.09 Å². The Balaban J connectivity index is 1.47. The number of hydrogen-bond acceptors (Lipinski definition) is 5. The Morgan fingerprint density at radius 2 is 1.57 bits per heavy atom. The zero-order valence-electron chi connectivity index (χ0n) is 24.1. The number of ether oxygens (including phenoxy) is 2. The smallest absolute Gasteiger partial charge is 0.408 e. The molecule has 0 radical (unpaired) electrons. The Bertz CT molecular complexity index is 1840. The molecule has 3 aromatic carbocycles. The number of methoxy groups -OCH3 is 1. The quantitative estimate of drug-likeness (QED) is 0.196. The van der Waals surface area contributed by atoms with E-state index in [1.54, 1.807) is 7.11 Å². The lowest BCUT2D eigenvalue weighted by molar-refractivity contribution is 0.0510. The zero-order valence-corrected chi connectivity index (χ0v) is 24.1. The van der Waals surface area contributed by atoms with Crippen LogP contribution < -0.4 is 10.1 Å². The third kappa shape index (κ3) is 5.58. The van der Waals surface area contributed by atoms with Crippen LogP contribution in [0.15, 0.2) is 85.2 Å². The van der Waals surface area contributed by atoms with Gasteiger partial charge in [-0.25, -0.2) is 4.79 Å². The lowest BCUT2D eigenvalue weighted by atomic mass is 10.0. The number of para-hydroxylation sites is 2.